The minimum absolute atomic E-state index is 0.0150. The monoisotopic (exact) mass is 389 g/mol. The number of rotatable bonds is 6. The molecule has 0 atom stereocenters. The van der Waals surface area contributed by atoms with Gasteiger partial charge in [-0.15, -0.1) is 0 Å². The van der Waals surface area contributed by atoms with Crippen LogP contribution in [0.5, 0.6) is 0 Å². The fourth-order valence-electron chi connectivity index (χ4n) is 2.11. The summed E-state index contributed by atoms with van der Waals surface area (Å²) in [6.07, 6.45) is -0.0808. The quantitative estimate of drug-likeness (QED) is 0.301. The number of hydrogen-bond acceptors (Lipinski definition) is 6. The zero-order chi connectivity index (χ0) is 20.0. The van der Waals surface area contributed by atoms with Crippen LogP contribution in [0.3, 0.4) is 0 Å². The van der Waals surface area contributed by atoms with Gasteiger partial charge in [0.15, 0.2) is 0 Å². The number of nitro benzene ring substituents is 1. The fraction of sp³-hybridized carbons (Fsp3) is 0.118. The Bertz CT molecular complexity index is 929. The molecule has 9 nitrogen and oxygen atoms in total. The van der Waals surface area contributed by atoms with Gasteiger partial charge in [0.2, 0.25) is 5.91 Å². The van der Waals surface area contributed by atoms with Crippen LogP contribution in [0.2, 0.25) is 5.02 Å². The smallest absolute Gasteiger partial charge is 0.272 e. The number of halogens is 1. The minimum atomic E-state index is -0.684. The van der Waals surface area contributed by atoms with Crippen molar-refractivity contribution in [1.82, 2.24) is 5.43 Å². The molecule has 2 rings (SSSR count). The lowest BCUT2D eigenvalue weighted by Gasteiger charge is -2.07. The number of benzene rings is 2. The Balaban J connectivity index is 1.98. The van der Waals surface area contributed by atoms with Gasteiger partial charge in [-0.2, -0.15) is 5.10 Å². The van der Waals surface area contributed by atoms with E-state index in [1.54, 1.807) is 31.2 Å². The number of nitrogen functional groups attached to an aromatic ring is 1. The van der Waals surface area contributed by atoms with Gasteiger partial charge in [0, 0.05) is 23.5 Å². The van der Waals surface area contributed by atoms with Gasteiger partial charge in [-0.25, -0.2) is 5.43 Å². The molecule has 2 aromatic carbocycles. The van der Waals surface area contributed by atoms with Gasteiger partial charge in [0.1, 0.15) is 0 Å². The standard InChI is InChI=1S/C17H16ClN5O4/c1-10(6-16(24)20-15-5-3-2-4-14(15)18)21-22-17(25)11-7-12(19)9-13(8-11)23(26)27/h2-5,7-9H,6,19H2,1H3,(H,20,24)(H,22,25)/b21-10-. The average Bonchev–Trinajstić information content (AvgIpc) is 2.61. The van der Waals surface area contributed by atoms with Gasteiger partial charge >= 0.3 is 0 Å². The SMILES string of the molecule is C/C(CC(=O)Nc1ccccc1Cl)=N/NC(=O)c1cc(N)cc([N+](=O)[O-])c1. The Morgan fingerprint density at radius 2 is 1.96 bits per heavy atom. The predicted octanol–water partition coefficient (Wildman–Crippen LogP) is 2.96. The maximum absolute atomic E-state index is 12.1. The third-order valence-electron chi connectivity index (χ3n) is 3.33. The number of hydrazone groups is 1. The summed E-state index contributed by atoms with van der Waals surface area (Å²) in [4.78, 5) is 34.3. The first-order valence-electron chi connectivity index (χ1n) is 7.69. The van der Waals surface area contributed by atoms with E-state index < -0.39 is 10.8 Å². The maximum atomic E-state index is 12.1. The second-order valence-electron chi connectivity index (χ2n) is 5.56. The highest BCUT2D eigenvalue weighted by Gasteiger charge is 2.14. The summed E-state index contributed by atoms with van der Waals surface area (Å²) in [5.41, 5.74) is 8.34. The van der Waals surface area contributed by atoms with Crippen molar-refractivity contribution >= 4 is 46.2 Å². The first-order chi connectivity index (χ1) is 12.8. The lowest BCUT2D eigenvalue weighted by molar-refractivity contribution is -0.384. The number of carbonyl (C=O) groups excluding carboxylic acids is 2. The topological polar surface area (TPSA) is 140 Å². The van der Waals surface area contributed by atoms with Crippen molar-refractivity contribution in [2.24, 2.45) is 5.10 Å². The number of nitrogens with two attached hydrogens (primary N) is 1. The van der Waals surface area contributed by atoms with Crippen molar-refractivity contribution in [3.8, 4) is 0 Å². The molecule has 0 spiro atoms. The van der Waals surface area contributed by atoms with Crippen LogP contribution in [0.4, 0.5) is 17.1 Å². The molecule has 2 aromatic rings. The van der Waals surface area contributed by atoms with Crippen LogP contribution in [0, 0.1) is 10.1 Å². The van der Waals surface area contributed by atoms with Crippen molar-refractivity contribution in [3.05, 3.63) is 63.2 Å². The lowest BCUT2D eigenvalue weighted by atomic mass is 10.1. The van der Waals surface area contributed by atoms with Gasteiger partial charge in [-0.1, -0.05) is 23.7 Å². The second kappa shape index (κ2) is 8.77. The molecule has 0 radical (unpaired) electrons. The Labute approximate surface area is 159 Å². The number of amides is 2. The number of hydrogen-bond donors (Lipinski definition) is 3. The van der Waals surface area contributed by atoms with Crippen molar-refractivity contribution in [1.29, 1.82) is 0 Å². The van der Waals surface area contributed by atoms with Gasteiger partial charge in [0.05, 0.1) is 27.6 Å². The molecule has 10 heteroatoms. The molecule has 0 unspecified atom stereocenters. The Morgan fingerprint density at radius 1 is 1.26 bits per heavy atom. The van der Waals surface area contributed by atoms with Crippen LogP contribution in [-0.4, -0.2) is 22.4 Å². The third-order valence-corrected chi connectivity index (χ3v) is 3.66. The highest BCUT2D eigenvalue weighted by Crippen LogP contribution is 2.20. The molecule has 0 heterocycles. The van der Waals surface area contributed by atoms with Crippen molar-refractivity contribution in [3.63, 3.8) is 0 Å². The largest absolute Gasteiger partial charge is 0.399 e. The molecule has 0 saturated heterocycles. The maximum Gasteiger partial charge on any atom is 0.272 e. The van der Waals surface area contributed by atoms with Crippen LogP contribution in [0.15, 0.2) is 47.6 Å². The number of non-ortho nitro benzene ring substituents is 1. The summed E-state index contributed by atoms with van der Waals surface area (Å²) in [7, 11) is 0. The molecular formula is C17H16ClN5O4. The Morgan fingerprint density at radius 3 is 2.63 bits per heavy atom. The van der Waals surface area contributed by atoms with Gasteiger partial charge in [0.25, 0.3) is 11.6 Å². The van der Waals surface area contributed by atoms with E-state index in [1.165, 1.54) is 6.07 Å². The van der Waals surface area contributed by atoms with E-state index >= 15 is 0 Å². The highest BCUT2D eigenvalue weighted by molar-refractivity contribution is 6.33. The lowest BCUT2D eigenvalue weighted by Crippen LogP contribution is -2.21. The van der Waals surface area contributed by atoms with E-state index in [9.17, 15) is 19.7 Å². The summed E-state index contributed by atoms with van der Waals surface area (Å²) in [6.45, 7) is 1.55. The first-order valence-corrected chi connectivity index (χ1v) is 8.07. The van der Waals surface area contributed by atoms with Crippen molar-refractivity contribution in [2.45, 2.75) is 13.3 Å². The second-order valence-corrected chi connectivity index (χ2v) is 5.97. The third kappa shape index (κ3) is 5.79. The molecule has 0 aliphatic rings. The van der Waals surface area contributed by atoms with Gasteiger partial charge < -0.3 is 11.1 Å². The number of anilines is 2. The van der Waals surface area contributed by atoms with Crippen molar-refractivity contribution in [2.75, 3.05) is 11.1 Å². The number of nitrogens with zero attached hydrogens (tertiary/aromatic N) is 2. The zero-order valence-corrected chi connectivity index (χ0v) is 15.0. The highest BCUT2D eigenvalue weighted by atomic mass is 35.5. The normalized spacial score (nSPS) is 11.0. The van der Waals surface area contributed by atoms with Gasteiger partial charge in [-0.05, 0) is 25.1 Å². The van der Waals surface area contributed by atoms with Crippen LogP contribution in [-0.2, 0) is 4.79 Å². The predicted molar refractivity (Wildman–Crippen MR) is 103 cm³/mol. The van der Waals surface area contributed by atoms with E-state index in [0.717, 1.165) is 12.1 Å². The first kappa shape index (κ1) is 19.9. The number of nitrogens with one attached hydrogen (secondary N) is 2. The van der Waals surface area contributed by atoms with Crippen LogP contribution >= 0.6 is 11.6 Å². The minimum Gasteiger partial charge on any atom is -0.399 e. The summed E-state index contributed by atoms with van der Waals surface area (Å²) in [5, 5.41) is 17.7. The van der Waals surface area contributed by atoms with Crippen LogP contribution in [0.1, 0.15) is 23.7 Å². The molecule has 0 saturated carbocycles. The zero-order valence-electron chi connectivity index (χ0n) is 14.2. The Kier molecular flexibility index (Phi) is 6.45. The molecule has 140 valence electrons. The molecule has 0 aliphatic heterocycles. The summed E-state index contributed by atoms with van der Waals surface area (Å²) in [5.74, 6) is -1.05. The number of carbonyl (C=O) groups is 2. The Hall–Kier alpha value is -3.46. The molecule has 2 amide bonds. The van der Waals surface area contributed by atoms with Gasteiger partial charge in [-0.3, -0.25) is 19.7 Å². The number of para-hydroxylation sites is 1. The molecule has 0 aromatic heterocycles. The molecular weight excluding hydrogens is 374 g/mol. The van der Waals surface area contributed by atoms with E-state index in [1.807, 2.05) is 0 Å². The molecule has 0 bridgehead atoms. The summed E-state index contributed by atoms with van der Waals surface area (Å²) in [6, 6.07) is 10.3. The van der Waals surface area contributed by atoms with E-state index in [0.29, 0.717) is 16.4 Å². The van der Waals surface area contributed by atoms with E-state index in [-0.39, 0.29) is 29.3 Å². The fourth-order valence-corrected chi connectivity index (χ4v) is 2.29. The summed E-state index contributed by atoms with van der Waals surface area (Å²) < 4.78 is 0. The van der Waals surface area contributed by atoms with E-state index in [4.69, 9.17) is 17.3 Å². The van der Waals surface area contributed by atoms with Crippen LogP contribution < -0.4 is 16.5 Å². The summed E-state index contributed by atoms with van der Waals surface area (Å²) >= 11 is 5.96. The number of nitro groups is 1. The molecule has 0 fully saturated rings. The van der Waals surface area contributed by atoms with E-state index in [2.05, 4.69) is 15.8 Å². The average molecular weight is 390 g/mol. The van der Waals surface area contributed by atoms with Crippen LogP contribution in [0.25, 0.3) is 0 Å². The molecule has 0 aliphatic carbocycles. The van der Waals surface area contributed by atoms with Crippen molar-refractivity contribution < 1.29 is 14.5 Å². The molecule has 4 N–H and O–H groups in total. The molecule has 27 heavy (non-hydrogen) atoms.